The van der Waals surface area contributed by atoms with Crippen molar-refractivity contribution in [2.75, 3.05) is 26.2 Å². The molecule has 1 aliphatic heterocycles. The topological polar surface area (TPSA) is 29.5 Å². The van der Waals surface area contributed by atoms with Crippen molar-refractivity contribution in [3.05, 3.63) is 29.3 Å². The highest BCUT2D eigenvalue weighted by molar-refractivity contribution is 5.79. The SMILES string of the molecule is Cc1cccc(OCCCN2CCC(=O)CC2)c1C. The van der Waals surface area contributed by atoms with E-state index in [9.17, 15) is 4.79 Å². The molecule has 0 aliphatic carbocycles. The van der Waals surface area contributed by atoms with Crippen LogP contribution < -0.4 is 4.74 Å². The molecule has 2 rings (SSSR count). The maximum Gasteiger partial charge on any atom is 0.135 e. The van der Waals surface area contributed by atoms with Gasteiger partial charge in [-0.25, -0.2) is 0 Å². The summed E-state index contributed by atoms with van der Waals surface area (Å²) >= 11 is 0. The van der Waals surface area contributed by atoms with E-state index < -0.39 is 0 Å². The number of carbonyl (C=O) groups is 1. The Bertz CT molecular complexity index is 432. The van der Waals surface area contributed by atoms with Crippen molar-refractivity contribution >= 4 is 5.78 Å². The van der Waals surface area contributed by atoms with E-state index in [0.717, 1.165) is 51.3 Å². The van der Waals surface area contributed by atoms with Crippen LogP contribution in [0, 0.1) is 13.8 Å². The molecule has 1 aliphatic rings. The molecule has 1 heterocycles. The first-order valence-corrected chi connectivity index (χ1v) is 7.10. The fraction of sp³-hybridized carbons (Fsp3) is 0.562. The predicted octanol–water partition coefficient (Wildman–Crippen LogP) is 2.74. The molecule has 1 saturated heterocycles. The summed E-state index contributed by atoms with van der Waals surface area (Å²) in [5.41, 5.74) is 2.50. The summed E-state index contributed by atoms with van der Waals surface area (Å²) in [5, 5.41) is 0. The summed E-state index contributed by atoms with van der Waals surface area (Å²) in [4.78, 5) is 13.5. The summed E-state index contributed by atoms with van der Waals surface area (Å²) in [6.07, 6.45) is 2.46. The van der Waals surface area contributed by atoms with Gasteiger partial charge >= 0.3 is 0 Å². The number of ketones is 1. The molecule has 3 nitrogen and oxygen atoms in total. The number of likely N-dealkylation sites (tertiary alicyclic amines) is 1. The minimum atomic E-state index is 0.405. The standard InChI is InChI=1S/C16H23NO2/c1-13-5-3-6-16(14(13)2)19-12-4-9-17-10-7-15(18)8-11-17/h3,5-6H,4,7-12H2,1-2H3. The Morgan fingerprint density at radius 2 is 1.95 bits per heavy atom. The van der Waals surface area contributed by atoms with E-state index >= 15 is 0 Å². The van der Waals surface area contributed by atoms with Gasteiger partial charge in [0.25, 0.3) is 0 Å². The third-order valence-corrected chi connectivity index (χ3v) is 3.84. The van der Waals surface area contributed by atoms with Gasteiger partial charge in [-0.3, -0.25) is 4.79 Å². The molecule has 104 valence electrons. The van der Waals surface area contributed by atoms with Gasteiger partial charge in [0.1, 0.15) is 11.5 Å². The van der Waals surface area contributed by atoms with E-state index in [4.69, 9.17) is 4.74 Å². The van der Waals surface area contributed by atoms with E-state index in [-0.39, 0.29) is 0 Å². The van der Waals surface area contributed by atoms with E-state index in [1.807, 2.05) is 12.1 Å². The first-order valence-electron chi connectivity index (χ1n) is 7.10. The van der Waals surface area contributed by atoms with Gasteiger partial charge < -0.3 is 9.64 Å². The van der Waals surface area contributed by atoms with Crippen LogP contribution in [0.1, 0.15) is 30.4 Å². The zero-order chi connectivity index (χ0) is 13.7. The number of hydrogen-bond donors (Lipinski definition) is 0. The monoisotopic (exact) mass is 261 g/mol. The fourth-order valence-electron chi connectivity index (χ4n) is 2.38. The Morgan fingerprint density at radius 3 is 2.68 bits per heavy atom. The van der Waals surface area contributed by atoms with Crippen LogP contribution in [0.15, 0.2) is 18.2 Å². The zero-order valence-electron chi connectivity index (χ0n) is 11.9. The predicted molar refractivity (Wildman–Crippen MR) is 76.7 cm³/mol. The maximum absolute atomic E-state index is 11.1. The number of rotatable bonds is 5. The molecule has 1 aromatic rings. The van der Waals surface area contributed by atoms with Crippen molar-refractivity contribution in [3.63, 3.8) is 0 Å². The number of Topliss-reactive ketones (excluding diaryl/α,β-unsaturated/α-hetero) is 1. The lowest BCUT2D eigenvalue weighted by Crippen LogP contribution is -2.35. The third-order valence-electron chi connectivity index (χ3n) is 3.84. The highest BCUT2D eigenvalue weighted by Gasteiger charge is 2.15. The number of nitrogens with zero attached hydrogens (tertiary/aromatic N) is 1. The summed E-state index contributed by atoms with van der Waals surface area (Å²) in [5.74, 6) is 1.40. The lowest BCUT2D eigenvalue weighted by atomic mass is 10.1. The Labute approximate surface area is 115 Å². The molecule has 0 radical (unpaired) electrons. The van der Waals surface area contributed by atoms with E-state index in [2.05, 4.69) is 24.8 Å². The lowest BCUT2D eigenvalue weighted by Gasteiger charge is -2.25. The van der Waals surface area contributed by atoms with Crippen LogP contribution in [-0.2, 0) is 4.79 Å². The Balaban J connectivity index is 1.69. The van der Waals surface area contributed by atoms with Crippen LogP contribution in [-0.4, -0.2) is 36.9 Å². The molecule has 1 fully saturated rings. The van der Waals surface area contributed by atoms with Gasteiger partial charge in [0.05, 0.1) is 6.61 Å². The molecule has 0 amide bonds. The minimum Gasteiger partial charge on any atom is -0.493 e. The molecule has 1 aromatic carbocycles. The normalized spacial score (nSPS) is 16.6. The minimum absolute atomic E-state index is 0.405. The zero-order valence-corrected chi connectivity index (χ0v) is 11.9. The van der Waals surface area contributed by atoms with Crippen LogP contribution in [0.2, 0.25) is 0 Å². The van der Waals surface area contributed by atoms with E-state index in [1.165, 1.54) is 11.1 Å². The van der Waals surface area contributed by atoms with Gasteiger partial charge in [-0.15, -0.1) is 0 Å². The average molecular weight is 261 g/mol. The van der Waals surface area contributed by atoms with E-state index in [0.29, 0.717) is 5.78 Å². The number of aryl methyl sites for hydroxylation is 1. The van der Waals surface area contributed by atoms with Crippen LogP contribution in [0.25, 0.3) is 0 Å². The van der Waals surface area contributed by atoms with Gasteiger partial charge in [-0.2, -0.15) is 0 Å². The first kappa shape index (κ1) is 14.1. The summed E-state index contributed by atoms with van der Waals surface area (Å²) < 4.78 is 5.84. The molecule has 0 spiro atoms. The van der Waals surface area contributed by atoms with Crippen LogP contribution in [0.4, 0.5) is 0 Å². The van der Waals surface area contributed by atoms with E-state index in [1.54, 1.807) is 0 Å². The quantitative estimate of drug-likeness (QED) is 0.763. The molecule has 19 heavy (non-hydrogen) atoms. The number of benzene rings is 1. The molecule has 0 unspecified atom stereocenters. The van der Waals surface area contributed by atoms with Crippen molar-refractivity contribution in [2.45, 2.75) is 33.1 Å². The highest BCUT2D eigenvalue weighted by atomic mass is 16.5. The second-order valence-electron chi connectivity index (χ2n) is 5.28. The van der Waals surface area contributed by atoms with Crippen LogP contribution in [0.3, 0.4) is 0 Å². The maximum atomic E-state index is 11.1. The second kappa shape index (κ2) is 6.71. The Hall–Kier alpha value is -1.35. The summed E-state index contributed by atoms with van der Waals surface area (Å²) in [6, 6.07) is 6.17. The number of piperidine rings is 1. The molecule has 3 heteroatoms. The van der Waals surface area contributed by atoms with Crippen molar-refractivity contribution in [1.82, 2.24) is 4.90 Å². The van der Waals surface area contributed by atoms with Gasteiger partial charge in [0.15, 0.2) is 0 Å². The van der Waals surface area contributed by atoms with Gasteiger partial charge in [0, 0.05) is 32.5 Å². The highest BCUT2D eigenvalue weighted by Crippen LogP contribution is 2.20. The van der Waals surface area contributed by atoms with Crippen LogP contribution in [0.5, 0.6) is 5.75 Å². The largest absolute Gasteiger partial charge is 0.493 e. The first-order chi connectivity index (χ1) is 9.16. The van der Waals surface area contributed by atoms with Crippen molar-refractivity contribution in [1.29, 1.82) is 0 Å². The number of ether oxygens (including phenoxy) is 1. The smallest absolute Gasteiger partial charge is 0.135 e. The molecular weight excluding hydrogens is 238 g/mol. The lowest BCUT2D eigenvalue weighted by molar-refractivity contribution is -0.121. The molecule has 0 atom stereocenters. The molecule has 0 bridgehead atoms. The fourth-order valence-corrected chi connectivity index (χ4v) is 2.38. The van der Waals surface area contributed by atoms with Crippen molar-refractivity contribution < 1.29 is 9.53 Å². The Kier molecular flexibility index (Phi) is 4.97. The number of hydrogen-bond acceptors (Lipinski definition) is 3. The second-order valence-corrected chi connectivity index (χ2v) is 5.28. The van der Waals surface area contributed by atoms with Gasteiger partial charge in [0.2, 0.25) is 0 Å². The van der Waals surface area contributed by atoms with Crippen molar-refractivity contribution in [2.24, 2.45) is 0 Å². The van der Waals surface area contributed by atoms with Crippen molar-refractivity contribution in [3.8, 4) is 5.75 Å². The number of carbonyl (C=O) groups excluding carboxylic acids is 1. The van der Waals surface area contributed by atoms with Gasteiger partial charge in [-0.1, -0.05) is 12.1 Å². The third kappa shape index (κ3) is 4.06. The summed E-state index contributed by atoms with van der Waals surface area (Å²) in [6.45, 7) is 7.81. The summed E-state index contributed by atoms with van der Waals surface area (Å²) in [7, 11) is 0. The Morgan fingerprint density at radius 1 is 1.21 bits per heavy atom. The van der Waals surface area contributed by atoms with Gasteiger partial charge in [-0.05, 0) is 37.5 Å². The molecule has 0 N–H and O–H groups in total. The molecular formula is C16H23NO2. The average Bonchev–Trinajstić information content (AvgIpc) is 2.41. The van der Waals surface area contributed by atoms with Crippen LogP contribution >= 0.6 is 0 Å². The molecule has 0 saturated carbocycles. The molecule has 0 aromatic heterocycles.